The normalized spacial score (nSPS) is 19.0. The molecule has 1 aromatic rings. The van der Waals surface area contributed by atoms with E-state index >= 15 is 0 Å². The number of hydrogen-bond donors (Lipinski definition) is 1. The third-order valence-corrected chi connectivity index (χ3v) is 3.82. The van der Waals surface area contributed by atoms with E-state index in [1.54, 1.807) is 12.1 Å². The van der Waals surface area contributed by atoms with Crippen molar-refractivity contribution in [3.63, 3.8) is 0 Å². The van der Waals surface area contributed by atoms with Gasteiger partial charge in [0, 0.05) is 21.1 Å². The molecule has 96 valence electrons. The summed E-state index contributed by atoms with van der Waals surface area (Å²) >= 11 is 6.63. The summed E-state index contributed by atoms with van der Waals surface area (Å²) in [5.41, 5.74) is 0.490. The standard InChI is InChI=1S/C12H11Br2NO3/c13-8-4-7(5-9(14)6-8)11(16)15-3-1-2-10(15)12(17)18/h4-6,10H,1-3H2,(H,17,18)/t10-/m0/s1. The number of carbonyl (C=O) groups is 2. The van der Waals surface area contributed by atoms with Crippen LogP contribution in [0.4, 0.5) is 0 Å². The predicted molar refractivity (Wildman–Crippen MR) is 73.5 cm³/mol. The third kappa shape index (κ3) is 2.75. The van der Waals surface area contributed by atoms with E-state index in [1.165, 1.54) is 4.90 Å². The highest BCUT2D eigenvalue weighted by atomic mass is 79.9. The van der Waals surface area contributed by atoms with Crippen LogP contribution >= 0.6 is 31.9 Å². The number of carboxylic acids is 1. The first-order chi connectivity index (χ1) is 8.49. The lowest BCUT2D eigenvalue weighted by Crippen LogP contribution is -2.40. The van der Waals surface area contributed by atoms with Crippen molar-refractivity contribution in [1.29, 1.82) is 0 Å². The Kier molecular flexibility index (Phi) is 4.07. The average Bonchev–Trinajstić information content (AvgIpc) is 2.75. The van der Waals surface area contributed by atoms with Crippen LogP contribution in [0.5, 0.6) is 0 Å². The second-order valence-electron chi connectivity index (χ2n) is 4.15. The van der Waals surface area contributed by atoms with Gasteiger partial charge in [0.25, 0.3) is 5.91 Å². The van der Waals surface area contributed by atoms with Crippen molar-refractivity contribution in [3.05, 3.63) is 32.7 Å². The zero-order chi connectivity index (χ0) is 13.3. The fraction of sp³-hybridized carbons (Fsp3) is 0.333. The van der Waals surface area contributed by atoms with Crippen LogP contribution in [0.15, 0.2) is 27.1 Å². The van der Waals surface area contributed by atoms with E-state index in [2.05, 4.69) is 31.9 Å². The third-order valence-electron chi connectivity index (χ3n) is 2.91. The first-order valence-electron chi connectivity index (χ1n) is 5.49. The van der Waals surface area contributed by atoms with E-state index in [-0.39, 0.29) is 5.91 Å². The van der Waals surface area contributed by atoms with E-state index in [9.17, 15) is 9.59 Å². The fourth-order valence-electron chi connectivity index (χ4n) is 2.11. The smallest absolute Gasteiger partial charge is 0.326 e. The molecule has 1 N–H and O–H groups in total. The number of carbonyl (C=O) groups excluding carboxylic acids is 1. The van der Waals surface area contributed by atoms with Crippen molar-refractivity contribution < 1.29 is 14.7 Å². The zero-order valence-electron chi connectivity index (χ0n) is 9.40. The lowest BCUT2D eigenvalue weighted by atomic mass is 10.1. The molecule has 1 aliphatic heterocycles. The van der Waals surface area contributed by atoms with Gasteiger partial charge in [0.1, 0.15) is 6.04 Å². The number of hydrogen-bond acceptors (Lipinski definition) is 2. The maximum atomic E-state index is 12.3. The number of amides is 1. The topological polar surface area (TPSA) is 57.6 Å². The minimum absolute atomic E-state index is 0.234. The van der Waals surface area contributed by atoms with Gasteiger partial charge in [0.05, 0.1) is 0 Å². The highest BCUT2D eigenvalue weighted by molar-refractivity contribution is 9.11. The molecule has 1 aliphatic rings. The molecule has 0 aromatic heterocycles. The van der Waals surface area contributed by atoms with Crippen LogP contribution in [0.2, 0.25) is 0 Å². The van der Waals surface area contributed by atoms with Gasteiger partial charge in [0.15, 0.2) is 0 Å². The van der Waals surface area contributed by atoms with Crippen LogP contribution in [-0.4, -0.2) is 34.5 Å². The first-order valence-corrected chi connectivity index (χ1v) is 7.07. The van der Waals surface area contributed by atoms with E-state index in [0.29, 0.717) is 18.5 Å². The Morgan fingerprint density at radius 1 is 1.22 bits per heavy atom. The highest BCUT2D eigenvalue weighted by Crippen LogP contribution is 2.24. The van der Waals surface area contributed by atoms with Gasteiger partial charge in [-0.05, 0) is 31.0 Å². The molecule has 1 atom stereocenters. The molecular formula is C12H11Br2NO3. The van der Waals surface area contributed by atoms with Gasteiger partial charge in [-0.1, -0.05) is 31.9 Å². The molecule has 0 spiro atoms. The molecule has 1 aromatic carbocycles. The van der Waals surface area contributed by atoms with E-state index in [1.807, 2.05) is 6.07 Å². The molecule has 0 radical (unpaired) electrons. The molecule has 1 saturated heterocycles. The summed E-state index contributed by atoms with van der Waals surface area (Å²) in [5.74, 6) is -1.17. The number of likely N-dealkylation sites (tertiary alicyclic amines) is 1. The Labute approximate surface area is 121 Å². The molecule has 1 heterocycles. The Morgan fingerprint density at radius 3 is 2.39 bits per heavy atom. The number of benzene rings is 1. The number of carboxylic acid groups (broad SMARTS) is 1. The van der Waals surface area contributed by atoms with Crippen LogP contribution in [0, 0.1) is 0 Å². The van der Waals surface area contributed by atoms with Gasteiger partial charge in [0.2, 0.25) is 0 Å². The summed E-state index contributed by atoms with van der Waals surface area (Å²) in [6.45, 7) is 0.500. The van der Waals surface area contributed by atoms with E-state index < -0.39 is 12.0 Å². The van der Waals surface area contributed by atoms with Gasteiger partial charge in [-0.15, -0.1) is 0 Å². The van der Waals surface area contributed by atoms with Crippen molar-refractivity contribution in [3.8, 4) is 0 Å². The SMILES string of the molecule is O=C(O)[C@@H]1CCCN1C(=O)c1cc(Br)cc(Br)c1. The first kappa shape index (κ1) is 13.5. The molecule has 1 fully saturated rings. The zero-order valence-corrected chi connectivity index (χ0v) is 12.6. The van der Waals surface area contributed by atoms with Gasteiger partial charge < -0.3 is 10.0 Å². The quantitative estimate of drug-likeness (QED) is 0.863. The molecule has 0 saturated carbocycles. The van der Waals surface area contributed by atoms with Crippen LogP contribution in [0.1, 0.15) is 23.2 Å². The number of aliphatic carboxylic acids is 1. The number of halogens is 2. The van der Waals surface area contributed by atoms with Gasteiger partial charge in [-0.3, -0.25) is 4.79 Å². The lowest BCUT2D eigenvalue weighted by Gasteiger charge is -2.21. The minimum atomic E-state index is -0.935. The largest absolute Gasteiger partial charge is 0.480 e. The van der Waals surface area contributed by atoms with E-state index in [0.717, 1.165) is 15.4 Å². The molecule has 0 aliphatic carbocycles. The van der Waals surface area contributed by atoms with E-state index in [4.69, 9.17) is 5.11 Å². The van der Waals surface area contributed by atoms with Crippen LogP contribution in [-0.2, 0) is 4.79 Å². The molecule has 0 bridgehead atoms. The van der Waals surface area contributed by atoms with Crippen LogP contribution < -0.4 is 0 Å². The molecule has 4 nitrogen and oxygen atoms in total. The molecule has 6 heteroatoms. The Balaban J connectivity index is 2.28. The van der Waals surface area contributed by atoms with Gasteiger partial charge >= 0.3 is 5.97 Å². The number of rotatable bonds is 2. The van der Waals surface area contributed by atoms with Crippen molar-refractivity contribution in [2.75, 3.05) is 6.54 Å². The fourth-order valence-corrected chi connectivity index (χ4v) is 3.40. The maximum absolute atomic E-state index is 12.3. The van der Waals surface area contributed by atoms with Crippen LogP contribution in [0.3, 0.4) is 0 Å². The Hall–Kier alpha value is -0.880. The molecule has 18 heavy (non-hydrogen) atoms. The second kappa shape index (κ2) is 5.40. The molecule has 1 amide bonds. The van der Waals surface area contributed by atoms with Crippen LogP contribution in [0.25, 0.3) is 0 Å². The van der Waals surface area contributed by atoms with Gasteiger partial charge in [-0.25, -0.2) is 4.79 Å². The van der Waals surface area contributed by atoms with Crippen molar-refractivity contribution in [1.82, 2.24) is 4.90 Å². The molecular weight excluding hydrogens is 366 g/mol. The Morgan fingerprint density at radius 2 is 1.83 bits per heavy atom. The lowest BCUT2D eigenvalue weighted by molar-refractivity contribution is -0.141. The summed E-state index contributed by atoms with van der Waals surface area (Å²) < 4.78 is 1.57. The summed E-state index contributed by atoms with van der Waals surface area (Å²) in [6.07, 6.45) is 1.26. The highest BCUT2D eigenvalue weighted by Gasteiger charge is 2.34. The predicted octanol–water partition coefficient (Wildman–Crippen LogP) is 2.90. The van der Waals surface area contributed by atoms with Crippen molar-refractivity contribution >= 4 is 43.7 Å². The average molecular weight is 377 g/mol. The Bertz CT molecular complexity index is 484. The van der Waals surface area contributed by atoms with Crippen molar-refractivity contribution in [2.24, 2.45) is 0 Å². The molecule has 0 unspecified atom stereocenters. The maximum Gasteiger partial charge on any atom is 0.326 e. The van der Waals surface area contributed by atoms with Crippen molar-refractivity contribution in [2.45, 2.75) is 18.9 Å². The summed E-state index contributed by atoms with van der Waals surface area (Å²) in [6, 6.07) is 4.53. The monoisotopic (exact) mass is 375 g/mol. The second-order valence-corrected chi connectivity index (χ2v) is 5.98. The summed E-state index contributed by atoms with van der Waals surface area (Å²) in [7, 11) is 0. The summed E-state index contributed by atoms with van der Waals surface area (Å²) in [5, 5.41) is 9.08. The minimum Gasteiger partial charge on any atom is -0.480 e. The van der Waals surface area contributed by atoms with Gasteiger partial charge in [-0.2, -0.15) is 0 Å². The molecule has 2 rings (SSSR count). The summed E-state index contributed by atoms with van der Waals surface area (Å²) in [4.78, 5) is 24.8. The number of nitrogens with zero attached hydrogens (tertiary/aromatic N) is 1.